The van der Waals surface area contributed by atoms with E-state index in [-0.39, 0.29) is 5.54 Å². The summed E-state index contributed by atoms with van der Waals surface area (Å²) in [5.74, 6) is 4.24. The number of hydrogen-bond donors (Lipinski definition) is 2. The number of terminal acetylenes is 1. The maximum atomic E-state index is 6.06. The Bertz CT molecular complexity index is 1240. The molecule has 0 saturated heterocycles. The van der Waals surface area contributed by atoms with E-state index in [1.807, 2.05) is 50.2 Å². The summed E-state index contributed by atoms with van der Waals surface area (Å²) in [6.07, 6.45) is 11.1. The van der Waals surface area contributed by atoms with Crippen LogP contribution in [0.3, 0.4) is 0 Å². The summed E-state index contributed by atoms with van der Waals surface area (Å²) in [4.78, 5) is 13.2. The molecule has 0 radical (unpaired) electrons. The molecule has 0 unspecified atom stereocenters. The Balaban J connectivity index is 1.62. The molecule has 7 nitrogen and oxygen atoms in total. The first-order chi connectivity index (χ1) is 14.9. The van der Waals surface area contributed by atoms with Crippen LogP contribution in [0, 0.1) is 12.3 Å². The molecule has 3 N–H and O–H groups in total. The minimum Gasteiger partial charge on any atom is -0.493 e. The van der Waals surface area contributed by atoms with E-state index < -0.39 is 0 Å². The number of aromatic nitrogens is 3. The first-order valence-corrected chi connectivity index (χ1v) is 9.87. The van der Waals surface area contributed by atoms with Crippen molar-refractivity contribution in [3.05, 3.63) is 60.6 Å². The third-order valence-corrected chi connectivity index (χ3v) is 4.60. The number of ether oxygens (including phenoxy) is 1. The molecule has 0 aliphatic rings. The molecule has 0 spiro atoms. The molecule has 4 rings (SSSR count). The van der Waals surface area contributed by atoms with Crippen LogP contribution in [0.15, 0.2) is 59.5 Å². The topological polar surface area (TPSA) is 99.1 Å². The zero-order valence-electron chi connectivity index (χ0n) is 17.4. The van der Waals surface area contributed by atoms with Gasteiger partial charge in [0.15, 0.2) is 0 Å². The number of nitrogens with one attached hydrogen (secondary N) is 1. The van der Waals surface area contributed by atoms with Gasteiger partial charge in [0.05, 0.1) is 18.3 Å². The van der Waals surface area contributed by atoms with Crippen LogP contribution in [0.5, 0.6) is 5.75 Å². The van der Waals surface area contributed by atoms with Crippen LogP contribution < -0.4 is 15.8 Å². The molecule has 7 heteroatoms. The van der Waals surface area contributed by atoms with Gasteiger partial charge in [-0.2, -0.15) is 0 Å². The van der Waals surface area contributed by atoms with Gasteiger partial charge in [-0.1, -0.05) is 5.92 Å². The van der Waals surface area contributed by atoms with E-state index in [0.29, 0.717) is 30.6 Å². The van der Waals surface area contributed by atoms with Crippen LogP contribution in [0.25, 0.3) is 22.4 Å². The maximum absolute atomic E-state index is 6.06. The molecule has 0 bridgehead atoms. The van der Waals surface area contributed by atoms with Gasteiger partial charge in [0, 0.05) is 40.0 Å². The fraction of sp³-hybridized carbons (Fsp3) is 0.208. The van der Waals surface area contributed by atoms with Crippen molar-refractivity contribution >= 4 is 22.5 Å². The van der Waals surface area contributed by atoms with Crippen molar-refractivity contribution in [1.29, 1.82) is 0 Å². The van der Waals surface area contributed by atoms with Gasteiger partial charge in [-0.3, -0.25) is 0 Å². The molecule has 31 heavy (non-hydrogen) atoms. The Hall–Kier alpha value is -3.89. The van der Waals surface area contributed by atoms with Crippen molar-refractivity contribution in [3.63, 3.8) is 0 Å². The largest absolute Gasteiger partial charge is 0.493 e. The first-order valence-electron chi connectivity index (χ1n) is 9.87. The Kier molecular flexibility index (Phi) is 5.56. The average Bonchev–Trinajstić information content (AvgIpc) is 3.27. The van der Waals surface area contributed by atoms with Gasteiger partial charge in [-0.05, 0) is 50.6 Å². The summed E-state index contributed by atoms with van der Waals surface area (Å²) < 4.78 is 11.4. The van der Waals surface area contributed by atoms with Crippen LogP contribution in [-0.2, 0) is 0 Å². The fourth-order valence-corrected chi connectivity index (χ4v) is 2.99. The number of fused-ring (bicyclic) bond motifs is 1. The third kappa shape index (κ3) is 5.18. The molecule has 0 aliphatic carbocycles. The van der Waals surface area contributed by atoms with Crippen molar-refractivity contribution in [2.24, 2.45) is 5.73 Å². The zero-order chi connectivity index (χ0) is 21.8. The Morgan fingerprint density at radius 2 is 2.06 bits per heavy atom. The number of hydrogen-bond acceptors (Lipinski definition) is 7. The third-order valence-electron chi connectivity index (χ3n) is 4.60. The lowest BCUT2D eigenvalue weighted by molar-refractivity contribution is 0.274. The van der Waals surface area contributed by atoms with E-state index in [1.165, 1.54) is 6.26 Å². The highest BCUT2D eigenvalue weighted by molar-refractivity contribution is 5.81. The molecule has 0 amide bonds. The van der Waals surface area contributed by atoms with E-state index in [2.05, 4.69) is 26.2 Å². The molecular formula is C24H23N5O2. The molecule has 0 fully saturated rings. The maximum Gasteiger partial charge on any atom is 0.227 e. The molecule has 2 heterocycles. The lowest BCUT2D eigenvalue weighted by Crippen LogP contribution is -2.33. The second-order valence-electron chi connectivity index (χ2n) is 7.91. The lowest BCUT2D eigenvalue weighted by Gasteiger charge is -2.18. The predicted molar refractivity (Wildman–Crippen MR) is 121 cm³/mol. The summed E-state index contributed by atoms with van der Waals surface area (Å²) in [6, 6.07) is 11.3. The van der Waals surface area contributed by atoms with E-state index >= 15 is 0 Å². The van der Waals surface area contributed by atoms with Gasteiger partial charge < -0.3 is 20.2 Å². The van der Waals surface area contributed by atoms with Gasteiger partial charge >= 0.3 is 0 Å². The molecule has 0 aliphatic heterocycles. The van der Waals surface area contributed by atoms with Crippen molar-refractivity contribution in [1.82, 2.24) is 15.0 Å². The number of anilines is 2. The van der Waals surface area contributed by atoms with Gasteiger partial charge in [-0.25, -0.2) is 15.0 Å². The van der Waals surface area contributed by atoms with Gasteiger partial charge in [0.1, 0.15) is 12.0 Å². The second-order valence-corrected chi connectivity index (χ2v) is 7.91. The van der Waals surface area contributed by atoms with Crippen LogP contribution >= 0.6 is 0 Å². The minimum absolute atomic E-state index is 0.306. The fourth-order valence-electron chi connectivity index (χ4n) is 2.99. The molecule has 0 atom stereocenters. The second kappa shape index (κ2) is 8.46. The van der Waals surface area contributed by atoms with Crippen LogP contribution in [0.4, 0.5) is 11.6 Å². The normalized spacial score (nSPS) is 11.3. The molecule has 156 valence electrons. The smallest absolute Gasteiger partial charge is 0.227 e. The minimum atomic E-state index is -0.306. The van der Waals surface area contributed by atoms with Crippen molar-refractivity contribution < 1.29 is 9.15 Å². The lowest BCUT2D eigenvalue weighted by atomic mass is 10.0. The highest BCUT2D eigenvalue weighted by Crippen LogP contribution is 2.29. The Morgan fingerprint density at radius 1 is 1.19 bits per heavy atom. The Labute approximate surface area is 180 Å². The van der Waals surface area contributed by atoms with Crippen molar-refractivity contribution in [2.75, 3.05) is 11.9 Å². The van der Waals surface area contributed by atoms with Crippen LogP contribution in [0.2, 0.25) is 0 Å². The molecule has 4 aromatic rings. The number of nitrogens with two attached hydrogens (primary N) is 1. The molecule has 0 saturated carbocycles. The van der Waals surface area contributed by atoms with E-state index in [4.69, 9.17) is 21.3 Å². The van der Waals surface area contributed by atoms with Crippen LogP contribution in [0.1, 0.15) is 25.8 Å². The van der Waals surface area contributed by atoms with Gasteiger partial charge in [-0.15, -0.1) is 6.42 Å². The number of nitrogens with zero attached hydrogens (tertiary/aromatic N) is 3. The summed E-state index contributed by atoms with van der Waals surface area (Å²) in [7, 11) is 0. The first kappa shape index (κ1) is 20.4. The van der Waals surface area contributed by atoms with E-state index in [9.17, 15) is 0 Å². The summed E-state index contributed by atoms with van der Waals surface area (Å²) in [6.45, 7) is 4.42. The van der Waals surface area contributed by atoms with Gasteiger partial charge in [0.2, 0.25) is 11.8 Å². The van der Waals surface area contributed by atoms with Crippen LogP contribution in [-0.4, -0.2) is 27.1 Å². The van der Waals surface area contributed by atoms with Gasteiger partial charge in [0.25, 0.3) is 0 Å². The Morgan fingerprint density at radius 3 is 2.81 bits per heavy atom. The van der Waals surface area contributed by atoms with E-state index in [1.54, 1.807) is 12.4 Å². The summed E-state index contributed by atoms with van der Waals surface area (Å²) in [5.41, 5.74) is 8.86. The summed E-state index contributed by atoms with van der Waals surface area (Å²) >= 11 is 0. The van der Waals surface area contributed by atoms with Crippen molar-refractivity contribution in [2.45, 2.75) is 25.8 Å². The number of rotatable bonds is 7. The SMILES string of the molecule is C#Cc1ccc2nc(Nc3cc(OCCC(C)(C)N)cc(-c4ncco4)c3)ncc2c1. The highest BCUT2D eigenvalue weighted by Gasteiger charge is 2.13. The zero-order valence-corrected chi connectivity index (χ0v) is 17.4. The summed E-state index contributed by atoms with van der Waals surface area (Å²) in [5, 5.41) is 4.12. The standard InChI is InChI=1S/C24H23N5O2/c1-4-16-5-6-21-18(11-16)15-27-23(29-21)28-19-12-17(22-26-8-10-31-22)13-20(14-19)30-9-7-24(2,3)25/h1,5-6,8,10-15H,7,9,25H2,2-3H3,(H,27,28,29). The molecule has 2 aromatic carbocycles. The number of oxazole rings is 1. The molecule has 2 aromatic heterocycles. The highest BCUT2D eigenvalue weighted by atomic mass is 16.5. The van der Waals surface area contributed by atoms with E-state index in [0.717, 1.165) is 27.7 Å². The predicted octanol–water partition coefficient (Wildman–Crippen LogP) is 4.52. The quantitative estimate of drug-likeness (QED) is 0.430. The number of benzene rings is 2. The monoisotopic (exact) mass is 413 g/mol. The van der Waals surface area contributed by atoms with Crippen molar-refractivity contribution in [3.8, 4) is 29.5 Å². The molecular weight excluding hydrogens is 390 g/mol. The average molecular weight is 413 g/mol.